The van der Waals surface area contributed by atoms with Gasteiger partial charge in [0.25, 0.3) is 0 Å². The molecule has 0 bridgehead atoms. The van der Waals surface area contributed by atoms with Crippen LogP contribution in [0, 0.1) is 0 Å². The molecular weight excluding hydrogens is 360 g/mol. The number of pyridine rings is 1. The molecule has 6 nitrogen and oxygen atoms in total. The van der Waals surface area contributed by atoms with E-state index in [0.717, 1.165) is 18.5 Å². The van der Waals surface area contributed by atoms with Crippen LogP contribution in [0.5, 0.6) is 0 Å². The van der Waals surface area contributed by atoms with E-state index < -0.39 is 0 Å². The zero-order chi connectivity index (χ0) is 18.5. The van der Waals surface area contributed by atoms with Crippen molar-refractivity contribution in [3.8, 4) is 11.4 Å². The van der Waals surface area contributed by atoms with Crippen LogP contribution < -0.4 is 5.32 Å². The number of carbonyl (C=O) groups is 1. The summed E-state index contributed by atoms with van der Waals surface area (Å²) in [6, 6.07) is 9.80. The largest absolute Gasteiger partial charge is 0.359 e. The number of nitrogens with zero attached hydrogens (tertiary/aromatic N) is 3. The molecule has 3 heterocycles. The quantitative estimate of drug-likeness (QED) is 0.683. The number of nitrogens with one attached hydrogen (secondary N) is 1. The number of hydrogen-bond donors (Lipinski definition) is 1. The molecule has 0 aliphatic heterocycles. The second-order valence-electron chi connectivity index (χ2n) is 6.75. The van der Waals surface area contributed by atoms with Crippen molar-refractivity contribution in [3.05, 3.63) is 58.6 Å². The summed E-state index contributed by atoms with van der Waals surface area (Å²) >= 11 is 1.66. The van der Waals surface area contributed by atoms with E-state index >= 15 is 0 Å². The summed E-state index contributed by atoms with van der Waals surface area (Å²) in [6.45, 7) is 0.959. The average Bonchev–Trinajstić information content (AvgIpc) is 3.47. The van der Waals surface area contributed by atoms with Crippen LogP contribution >= 0.6 is 11.3 Å². The Balaban J connectivity index is 1.40. The maximum Gasteiger partial charge on any atom is 0.318 e. The lowest BCUT2D eigenvalue weighted by Gasteiger charge is -2.28. The molecule has 1 aliphatic rings. The Morgan fingerprint density at radius 1 is 1.26 bits per heavy atom. The Kier molecular flexibility index (Phi) is 5.48. The van der Waals surface area contributed by atoms with E-state index in [1.807, 2.05) is 34.5 Å². The van der Waals surface area contributed by atoms with Gasteiger partial charge in [0, 0.05) is 24.8 Å². The summed E-state index contributed by atoms with van der Waals surface area (Å²) in [7, 11) is 0. The van der Waals surface area contributed by atoms with Gasteiger partial charge in [-0.2, -0.15) is 11.3 Å². The van der Waals surface area contributed by atoms with Crippen LogP contribution in [-0.4, -0.2) is 27.1 Å². The SMILES string of the molecule is O=C(NCc1cc(-c2ccccn2)no1)N(Cc1ccsc1)C1CCCC1. The maximum absolute atomic E-state index is 12.9. The summed E-state index contributed by atoms with van der Waals surface area (Å²) in [5, 5.41) is 11.2. The van der Waals surface area contributed by atoms with Crippen LogP contribution in [0.4, 0.5) is 4.79 Å². The third-order valence-corrected chi connectivity index (χ3v) is 5.59. The summed E-state index contributed by atoms with van der Waals surface area (Å²) < 4.78 is 5.36. The summed E-state index contributed by atoms with van der Waals surface area (Å²) in [5.74, 6) is 0.617. The lowest BCUT2D eigenvalue weighted by Crippen LogP contribution is -2.44. The predicted molar refractivity (Wildman–Crippen MR) is 104 cm³/mol. The predicted octanol–water partition coefficient (Wildman–Crippen LogP) is 4.45. The van der Waals surface area contributed by atoms with Gasteiger partial charge in [-0.05, 0) is 47.4 Å². The smallest absolute Gasteiger partial charge is 0.318 e. The molecule has 0 spiro atoms. The normalized spacial score (nSPS) is 14.4. The van der Waals surface area contributed by atoms with E-state index in [9.17, 15) is 4.79 Å². The van der Waals surface area contributed by atoms with Crippen molar-refractivity contribution in [2.24, 2.45) is 0 Å². The maximum atomic E-state index is 12.9. The number of urea groups is 1. The highest BCUT2D eigenvalue weighted by molar-refractivity contribution is 7.07. The second-order valence-corrected chi connectivity index (χ2v) is 7.53. The standard InChI is InChI=1S/C20H22N4O2S/c25-20(24(16-5-1-2-6-16)13-15-8-10-27-14-15)22-12-17-11-19(23-26-17)18-7-3-4-9-21-18/h3-4,7-11,14,16H,1-2,5-6,12-13H2,(H,22,25). The Morgan fingerprint density at radius 2 is 2.15 bits per heavy atom. The molecule has 0 unspecified atom stereocenters. The van der Waals surface area contributed by atoms with E-state index in [2.05, 4.69) is 26.9 Å². The zero-order valence-electron chi connectivity index (χ0n) is 15.0. The summed E-state index contributed by atoms with van der Waals surface area (Å²) in [5.41, 5.74) is 2.61. The molecular formula is C20H22N4O2S. The lowest BCUT2D eigenvalue weighted by molar-refractivity contribution is 0.169. The monoisotopic (exact) mass is 382 g/mol. The Bertz CT molecular complexity index is 857. The second kappa shape index (κ2) is 8.35. The number of amides is 2. The molecule has 2 amide bonds. The number of carbonyl (C=O) groups excluding carboxylic acids is 1. The van der Waals surface area contributed by atoms with Crippen LogP contribution in [0.3, 0.4) is 0 Å². The molecule has 3 aromatic rings. The van der Waals surface area contributed by atoms with Crippen molar-refractivity contribution in [1.29, 1.82) is 0 Å². The van der Waals surface area contributed by atoms with Crippen LogP contribution in [0.1, 0.15) is 37.0 Å². The lowest BCUT2D eigenvalue weighted by atomic mass is 10.2. The molecule has 140 valence electrons. The van der Waals surface area contributed by atoms with Gasteiger partial charge in [0.2, 0.25) is 0 Å². The van der Waals surface area contributed by atoms with Gasteiger partial charge in [0.05, 0.1) is 12.2 Å². The van der Waals surface area contributed by atoms with Gasteiger partial charge in [-0.3, -0.25) is 4.98 Å². The number of rotatable bonds is 6. The van der Waals surface area contributed by atoms with Crippen molar-refractivity contribution in [3.63, 3.8) is 0 Å². The van der Waals surface area contributed by atoms with Crippen LogP contribution in [-0.2, 0) is 13.1 Å². The van der Waals surface area contributed by atoms with Crippen LogP contribution in [0.15, 0.2) is 51.8 Å². The van der Waals surface area contributed by atoms with Crippen molar-refractivity contribution in [2.45, 2.75) is 44.8 Å². The topological polar surface area (TPSA) is 71.3 Å². The van der Waals surface area contributed by atoms with Gasteiger partial charge >= 0.3 is 6.03 Å². The van der Waals surface area contributed by atoms with Crippen LogP contribution in [0.25, 0.3) is 11.4 Å². The van der Waals surface area contributed by atoms with E-state index in [4.69, 9.17) is 4.52 Å². The first kappa shape index (κ1) is 17.7. The highest BCUT2D eigenvalue weighted by Crippen LogP contribution is 2.25. The molecule has 7 heteroatoms. The Labute approximate surface area is 162 Å². The van der Waals surface area contributed by atoms with E-state index in [0.29, 0.717) is 30.6 Å². The number of aromatic nitrogens is 2. The average molecular weight is 382 g/mol. The van der Waals surface area contributed by atoms with Gasteiger partial charge in [-0.15, -0.1) is 0 Å². The molecule has 27 heavy (non-hydrogen) atoms. The van der Waals surface area contributed by atoms with Gasteiger partial charge in [0.15, 0.2) is 5.76 Å². The fraction of sp³-hybridized carbons (Fsp3) is 0.350. The minimum atomic E-state index is -0.0520. The highest BCUT2D eigenvalue weighted by Gasteiger charge is 2.27. The molecule has 0 radical (unpaired) electrons. The van der Waals surface area contributed by atoms with E-state index in [1.165, 1.54) is 18.4 Å². The van der Waals surface area contributed by atoms with Gasteiger partial charge in [-0.25, -0.2) is 4.79 Å². The minimum absolute atomic E-state index is 0.0520. The third-order valence-electron chi connectivity index (χ3n) is 4.86. The van der Waals surface area contributed by atoms with Crippen molar-refractivity contribution in [1.82, 2.24) is 20.4 Å². The molecule has 4 rings (SSSR count). The summed E-state index contributed by atoms with van der Waals surface area (Å²) in [6.07, 6.45) is 6.24. The number of thiophene rings is 1. The van der Waals surface area contributed by atoms with Gasteiger partial charge in [-0.1, -0.05) is 24.1 Å². The minimum Gasteiger partial charge on any atom is -0.359 e. The van der Waals surface area contributed by atoms with Crippen molar-refractivity contribution >= 4 is 17.4 Å². The van der Waals surface area contributed by atoms with E-state index in [-0.39, 0.29) is 6.03 Å². The molecule has 0 aromatic carbocycles. The van der Waals surface area contributed by atoms with Crippen molar-refractivity contribution in [2.75, 3.05) is 0 Å². The molecule has 0 atom stereocenters. The molecule has 3 aromatic heterocycles. The molecule has 1 N–H and O–H groups in total. The first-order valence-electron chi connectivity index (χ1n) is 9.22. The summed E-state index contributed by atoms with van der Waals surface area (Å²) in [4.78, 5) is 19.1. The molecule has 1 aliphatic carbocycles. The highest BCUT2D eigenvalue weighted by atomic mass is 32.1. The zero-order valence-corrected chi connectivity index (χ0v) is 15.8. The Hall–Kier alpha value is -2.67. The van der Waals surface area contributed by atoms with Gasteiger partial charge in [0.1, 0.15) is 5.69 Å². The number of hydrogen-bond acceptors (Lipinski definition) is 5. The van der Waals surface area contributed by atoms with Crippen molar-refractivity contribution < 1.29 is 9.32 Å². The fourth-order valence-corrected chi connectivity index (χ4v) is 4.12. The molecule has 1 saturated carbocycles. The molecule has 0 saturated heterocycles. The van der Waals surface area contributed by atoms with Crippen LogP contribution in [0.2, 0.25) is 0 Å². The van der Waals surface area contributed by atoms with E-state index in [1.54, 1.807) is 17.5 Å². The first-order valence-corrected chi connectivity index (χ1v) is 10.2. The fourth-order valence-electron chi connectivity index (χ4n) is 3.46. The first-order chi connectivity index (χ1) is 13.3. The third kappa shape index (κ3) is 4.36. The Morgan fingerprint density at radius 3 is 2.89 bits per heavy atom. The van der Waals surface area contributed by atoms with Gasteiger partial charge < -0.3 is 14.7 Å². The molecule has 1 fully saturated rings.